The fourth-order valence-electron chi connectivity index (χ4n) is 4.19. The fraction of sp³-hybridized carbons (Fsp3) is 0.259. The van der Waals surface area contributed by atoms with Crippen LogP contribution in [0, 0.1) is 18.2 Å². The first kappa shape index (κ1) is 27.6. The van der Waals surface area contributed by atoms with Gasteiger partial charge in [0.05, 0.1) is 10.9 Å². The molecule has 0 atom stereocenters. The molecule has 0 aliphatic carbocycles. The molecule has 0 saturated carbocycles. The number of aromatic nitrogens is 5. The van der Waals surface area contributed by atoms with Crippen molar-refractivity contribution in [2.24, 2.45) is 0 Å². The van der Waals surface area contributed by atoms with Gasteiger partial charge in [0.2, 0.25) is 5.13 Å². The van der Waals surface area contributed by atoms with Crippen LogP contribution < -0.4 is 16.4 Å². The van der Waals surface area contributed by atoms with Crippen LogP contribution in [0.1, 0.15) is 34.8 Å². The molecule has 0 aliphatic heterocycles. The van der Waals surface area contributed by atoms with Gasteiger partial charge in [0.25, 0.3) is 11.5 Å². The molecule has 0 fully saturated rings. The number of anilines is 1. The molecule has 0 unspecified atom stereocenters. The van der Waals surface area contributed by atoms with E-state index in [9.17, 15) is 14.0 Å². The monoisotopic (exact) mass is 579 g/mol. The molecule has 5 aromatic rings. The third kappa shape index (κ3) is 5.67. The Bertz CT molecular complexity index is 1830. The first-order valence-electron chi connectivity index (χ1n) is 12.6. The Kier molecular flexibility index (Phi) is 8.33. The number of amides is 1. The van der Waals surface area contributed by atoms with Crippen LogP contribution in [0.5, 0.6) is 0 Å². The van der Waals surface area contributed by atoms with Crippen molar-refractivity contribution in [3.05, 3.63) is 87.0 Å². The summed E-state index contributed by atoms with van der Waals surface area (Å²) < 4.78 is 23.0. The number of aryl methyl sites for hydroxylation is 2. The summed E-state index contributed by atoms with van der Waals surface area (Å²) in [6.45, 7) is 5.12. The molecule has 0 aliphatic rings. The minimum atomic E-state index is -0.596. The third-order valence-electron chi connectivity index (χ3n) is 6.19. The topological polar surface area (TPSA) is 127 Å². The molecular weight excluding hydrogens is 553 g/mol. The summed E-state index contributed by atoms with van der Waals surface area (Å²) >= 11 is 2.45. The maximum absolute atomic E-state index is 13.9. The second kappa shape index (κ2) is 12.1. The second-order valence-electron chi connectivity index (χ2n) is 8.86. The number of carbonyl (C=O) groups is 1. The van der Waals surface area contributed by atoms with E-state index < -0.39 is 5.91 Å². The highest BCUT2D eigenvalue weighted by Gasteiger charge is 2.19. The molecule has 0 spiro atoms. The molecular formula is C27H26FN7O3S2. The standard InChI is InChI=1S/C27H26FN7O3S2/c1-3-38-13-7-12-34-21(29)18(14-19-23(34)30-22-16(2)8-6-11-35(22)25(19)37)24(36)31-26-32-33-27(40-26)39-15-17-9-4-5-10-20(17)28/h4-6,8-11,14,29H,3,7,12-13,15H2,1-2H3,(H,31,32,36). The van der Waals surface area contributed by atoms with Crippen LogP contribution >= 0.6 is 23.1 Å². The molecule has 13 heteroatoms. The van der Waals surface area contributed by atoms with Gasteiger partial charge in [0.15, 0.2) is 4.34 Å². The molecule has 206 valence electrons. The second-order valence-corrected chi connectivity index (χ2v) is 11.1. The highest BCUT2D eigenvalue weighted by molar-refractivity contribution is 8.00. The molecule has 1 amide bonds. The Morgan fingerprint density at radius 2 is 2.02 bits per heavy atom. The average Bonchev–Trinajstić information content (AvgIpc) is 3.39. The van der Waals surface area contributed by atoms with Crippen molar-refractivity contribution < 1.29 is 13.9 Å². The van der Waals surface area contributed by atoms with Crippen molar-refractivity contribution in [2.45, 2.75) is 36.9 Å². The van der Waals surface area contributed by atoms with Crippen molar-refractivity contribution in [1.82, 2.24) is 24.1 Å². The van der Waals surface area contributed by atoms with Crippen LogP contribution in [0.3, 0.4) is 0 Å². The van der Waals surface area contributed by atoms with Gasteiger partial charge < -0.3 is 9.30 Å². The summed E-state index contributed by atoms with van der Waals surface area (Å²) in [6, 6.07) is 11.5. The summed E-state index contributed by atoms with van der Waals surface area (Å²) in [4.78, 5) is 31.5. The van der Waals surface area contributed by atoms with Crippen LogP contribution in [0.15, 0.2) is 57.8 Å². The molecule has 0 bridgehead atoms. The SMILES string of the molecule is CCOCCCn1c(=N)c(C(=O)Nc2nnc(SCc3ccccc3F)s2)cc2c(=O)n3cccc(C)c3nc21. The van der Waals surface area contributed by atoms with E-state index in [-0.39, 0.29) is 32.9 Å². The summed E-state index contributed by atoms with van der Waals surface area (Å²) in [7, 11) is 0. The number of hydrogen-bond acceptors (Lipinski definition) is 9. The van der Waals surface area contributed by atoms with Gasteiger partial charge in [-0.2, -0.15) is 0 Å². The van der Waals surface area contributed by atoms with Crippen LogP contribution in [0.25, 0.3) is 16.7 Å². The summed E-state index contributed by atoms with van der Waals surface area (Å²) in [5, 5.41) is 20.1. The van der Waals surface area contributed by atoms with Gasteiger partial charge in [-0.15, -0.1) is 10.2 Å². The molecule has 10 nitrogen and oxygen atoms in total. The highest BCUT2D eigenvalue weighted by atomic mass is 32.2. The summed E-state index contributed by atoms with van der Waals surface area (Å²) in [6.07, 6.45) is 2.20. The zero-order valence-electron chi connectivity index (χ0n) is 21.8. The number of hydrogen-bond donors (Lipinski definition) is 2. The molecule has 0 saturated heterocycles. The van der Waals surface area contributed by atoms with Gasteiger partial charge in [-0.25, -0.2) is 9.37 Å². The van der Waals surface area contributed by atoms with Crippen molar-refractivity contribution >= 4 is 50.8 Å². The zero-order valence-corrected chi connectivity index (χ0v) is 23.4. The van der Waals surface area contributed by atoms with Gasteiger partial charge in [0.1, 0.15) is 22.6 Å². The number of nitrogens with one attached hydrogen (secondary N) is 2. The van der Waals surface area contributed by atoms with Crippen LogP contribution in [0.4, 0.5) is 9.52 Å². The number of thioether (sulfide) groups is 1. The molecule has 2 N–H and O–H groups in total. The molecule has 40 heavy (non-hydrogen) atoms. The number of halogens is 1. The van der Waals surface area contributed by atoms with Crippen LogP contribution in [-0.4, -0.2) is 43.3 Å². The lowest BCUT2D eigenvalue weighted by Crippen LogP contribution is -2.32. The van der Waals surface area contributed by atoms with E-state index >= 15 is 0 Å². The average molecular weight is 580 g/mol. The van der Waals surface area contributed by atoms with Crippen molar-refractivity contribution in [2.75, 3.05) is 18.5 Å². The lowest BCUT2D eigenvalue weighted by atomic mass is 10.2. The summed E-state index contributed by atoms with van der Waals surface area (Å²) in [5.41, 5.74) is 1.77. The molecule has 4 aromatic heterocycles. The number of benzene rings is 1. The van der Waals surface area contributed by atoms with Gasteiger partial charge in [-0.05, 0) is 49.6 Å². The number of ether oxygens (including phenoxy) is 1. The van der Waals surface area contributed by atoms with E-state index in [0.29, 0.717) is 53.1 Å². The Labute approximate surface area is 236 Å². The van der Waals surface area contributed by atoms with E-state index in [0.717, 1.165) is 16.9 Å². The van der Waals surface area contributed by atoms with E-state index in [1.54, 1.807) is 35.0 Å². The maximum atomic E-state index is 13.9. The molecule has 4 heterocycles. The molecule has 1 aromatic carbocycles. The summed E-state index contributed by atoms with van der Waals surface area (Å²) in [5.74, 6) is -0.528. The minimum Gasteiger partial charge on any atom is -0.382 e. The predicted octanol–water partition coefficient (Wildman–Crippen LogP) is 4.40. The predicted molar refractivity (Wildman–Crippen MR) is 152 cm³/mol. The van der Waals surface area contributed by atoms with Crippen molar-refractivity contribution in [3.63, 3.8) is 0 Å². The Balaban J connectivity index is 1.47. The van der Waals surface area contributed by atoms with Gasteiger partial charge in [-0.1, -0.05) is 47.4 Å². The van der Waals surface area contributed by atoms with Gasteiger partial charge in [0, 0.05) is 31.7 Å². The lowest BCUT2D eigenvalue weighted by Gasteiger charge is -2.15. The fourth-order valence-corrected chi connectivity index (χ4v) is 5.93. The first-order chi connectivity index (χ1) is 19.4. The van der Waals surface area contributed by atoms with Gasteiger partial charge in [-0.3, -0.25) is 24.7 Å². The van der Waals surface area contributed by atoms with Crippen molar-refractivity contribution in [1.29, 1.82) is 5.41 Å². The quantitative estimate of drug-likeness (QED) is 0.109. The minimum absolute atomic E-state index is 0.00572. The third-order valence-corrected chi connectivity index (χ3v) is 8.21. The number of rotatable bonds is 10. The van der Waals surface area contributed by atoms with Crippen LogP contribution in [0.2, 0.25) is 0 Å². The number of pyridine rings is 2. The van der Waals surface area contributed by atoms with E-state index in [2.05, 4.69) is 15.5 Å². The first-order valence-corrected chi connectivity index (χ1v) is 14.4. The number of nitrogens with zero attached hydrogens (tertiary/aromatic N) is 5. The normalized spacial score (nSPS) is 11.4. The largest absolute Gasteiger partial charge is 0.382 e. The van der Waals surface area contributed by atoms with E-state index in [4.69, 9.17) is 15.1 Å². The Morgan fingerprint density at radius 1 is 1.20 bits per heavy atom. The van der Waals surface area contributed by atoms with E-state index in [1.807, 2.05) is 19.9 Å². The van der Waals surface area contributed by atoms with Gasteiger partial charge >= 0.3 is 0 Å². The molecule has 0 radical (unpaired) electrons. The zero-order chi connectivity index (χ0) is 28.2. The number of carbonyl (C=O) groups excluding carboxylic acids is 1. The molecule has 5 rings (SSSR count). The Morgan fingerprint density at radius 3 is 2.83 bits per heavy atom. The maximum Gasteiger partial charge on any atom is 0.267 e. The highest BCUT2D eigenvalue weighted by Crippen LogP contribution is 2.29. The van der Waals surface area contributed by atoms with Crippen molar-refractivity contribution in [3.8, 4) is 0 Å². The number of fused-ring (bicyclic) bond motifs is 2. The lowest BCUT2D eigenvalue weighted by molar-refractivity contribution is 0.102. The Hall–Kier alpha value is -3.94. The van der Waals surface area contributed by atoms with E-state index in [1.165, 1.54) is 28.3 Å². The van der Waals surface area contributed by atoms with Crippen LogP contribution in [-0.2, 0) is 17.0 Å². The smallest absolute Gasteiger partial charge is 0.267 e.